The molecule has 1 unspecified atom stereocenters. The van der Waals surface area contributed by atoms with Crippen LogP contribution in [0.2, 0.25) is 0 Å². The minimum absolute atomic E-state index is 0.0880. The van der Waals surface area contributed by atoms with Crippen molar-refractivity contribution in [2.24, 2.45) is 5.16 Å². The molecule has 0 saturated carbocycles. The second kappa shape index (κ2) is 2.71. The summed E-state index contributed by atoms with van der Waals surface area (Å²) in [6.07, 6.45) is -5.02. The monoisotopic (exact) mass is 167 g/mol. The summed E-state index contributed by atoms with van der Waals surface area (Å²) in [5.41, 5.74) is 0.0880. The number of oxime groups is 1. The summed E-state index contributed by atoms with van der Waals surface area (Å²) in [5.74, 6) is 0. The Morgan fingerprint density at radius 3 is 2.64 bits per heavy atom. The average molecular weight is 167 g/mol. The summed E-state index contributed by atoms with van der Waals surface area (Å²) >= 11 is 0. The van der Waals surface area contributed by atoms with Crippen molar-refractivity contribution in [2.45, 2.75) is 32.0 Å². The Morgan fingerprint density at radius 1 is 1.64 bits per heavy atom. The van der Waals surface area contributed by atoms with Crippen LogP contribution in [0.4, 0.5) is 13.2 Å². The molecule has 64 valence electrons. The first-order valence-corrected chi connectivity index (χ1v) is 3.26. The molecule has 0 amide bonds. The fourth-order valence-corrected chi connectivity index (χ4v) is 0.907. The summed E-state index contributed by atoms with van der Waals surface area (Å²) in [6.45, 7) is 1.69. The zero-order chi connectivity index (χ0) is 8.48. The molecule has 0 aromatic carbocycles. The first-order chi connectivity index (χ1) is 4.97. The van der Waals surface area contributed by atoms with Crippen LogP contribution in [0.3, 0.4) is 0 Å². The van der Waals surface area contributed by atoms with Gasteiger partial charge in [-0.05, 0) is 6.92 Å². The van der Waals surface area contributed by atoms with E-state index in [0.717, 1.165) is 0 Å². The summed E-state index contributed by atoms with van der Waals surface area (Å²) < 4.78 is 35.1. The van der Waals surface area contributed by atoms with Crippen LogP contribution in [0.1, 0.15) is 19.8 Å². The standard InChI is InChI=1S/C6H8F3NO/c1-4-2-5(10-11-4)3-6(7,8)9/h4H,2-3H2,1H3. The maximum Gasteiger partial charge on any atom is 0.394 e. The van der Waals surface area contributed by atoms with Gasteiger partial charge < -0.3 is 4.84 Å². The molecule has 0 fully saturated rings. The lowest BCUT2D eigenvalue weighted by Gasteiger charge is -2.03. The Morgan fingerprint density at radius 2 is 2.27 bits per heavy atom. The van der Waals surface area contributed by atoms with E-state index >= 15 is 0 Å². The predicted octanol–water partition coefficient (Wildman–Crippen LogP) is 2.10. The molecule has 1 aliphatic heterocycles. The van der Waals surface area contributed by atoms with Gasteiger partial charge in [0.15, 0.2) is 0 Å². The summed E-state index contributed by atoms with van der Waals surface area (Å²) in [7, 11) is 0. The Labute approximate surface area is 62.0 Å². The van der Waals surface area contributed by atoms with Gasteiger partial charge in [-0.1, -0.05) is 5.16 Å². The fraction of sp³-hybridized carbons (Fsp3) is 0.833. The number of rotatable bonds is 1. The minimum atomic E-state index is -4.16. The van der Waals surface area contributed by atoms with E-state index in [9.17, 15) is 13.2 Å². The average Bonchev–Trinajstić information content (AvgIpc) is 2.10. The van der Waals surface area contributed by atoms with E-state index in [0.29, 0.717) is 6.42 Å². The molecule has 0 aromatic heterocycles. The Balaban J connectivity index is 2.40. The molecule has 0 bridgehead atoms. The Kier molecular flexibility index (Phi) is 2.06. The molecule has 1 aliphatic rings. The third-order valence-corrected chi connectivity index (χ3v) is 1.29. The molecular weight excluding hydrogens is 159 g/mol. The van der Waals surface area contributed by atoms with E-state index in [-0.39, 0.29) is 11.8 Å². The Hall–Kier alpha value is -0.740. The van der Waals surface area contributed by atoms with Crippen molar-refractivity contribution in [1.82, 2.24) is 0 Å². The molecule has 0 saturated heterocycles. The number of nitrogens with zero attached hydrogens (tertiary/aromatic N) is 1. The molecular formula is C6H8F3NO. The van der Waals surface area contributed by atoms with Crippen LogP contribution in [0.5, 0.6) is 0 Å². The van der Waals surface area contributed by atoms with Crippen LogP contribution >= 0.6 is 0 Å². The van der Waals surface area contributed by atoms with E-state index in [1.165, 1.54) is 0 Å². The van der Waals surface area contributed by atoms with Gasteiger partial charge in [0.05, 0.1) is 12.1 Å². The molecule has 0 aliphatic carbocycles. The van der Waals surface area contributed by atoms with Crippen molar-refractivity contribution in [1.29, 1.82) is 0 Å². The number of hydrogen-bond donors (Lipinski definition) is 0. The summed E-state index contributed by atoms with van der Waals surface area (Å²) in [5, 5.41) is 3.30. The second-order valence-corrected chi connectivity index (χ2v) is 2.57. The van der Waals surface area contributed by atoms with Crippen LogP contribution in [0, 0.1) is 0 Å². The predicted molar refractivity (Wildman–Crippen MR) is 33.3 cm³/mol. The molecule has 2 nitrogen and oxygen atoms in total. The van der Waals surface area contributed by atoms with Crippen LogP contribution in [0.15, 0.2) is 5.16 Å². The normalized spacial score (nSPS) is 24.7. The highest BCUT2D eigenvalue weighted by atomic mass is 19.4. The van der Waals surface area contributed by atoms with Crippen LogP contribution < -0.4 is 0 Å². The molecule has 1 heterocycles. The zero-order valence-corrected chi connectivity index (χ0v) is 5.98. The maximum atomic E-state index is 11.7. The van der Waals surface area contributed by atoms with Crippen molar-refractivity contribution in [3.05, 3.63) is 0 Å². The van der Waals surface area contributed by atoms with E-state index in [1.54, 1.807) is 6.92 Å². The van der Waals surface area contributed by atoms with Gasteiger partial charge in [-0.3, -0.25) is 0 Å². The van der Waals surface area contributed by atoms with Gasteiger partial charge in [-0.2, -0.15) is 13.2 Å². The first-order valence-electron chi connectivity index (χ1n) is 3.26. The van der Waals surface area contributed by atoms with Gasteiger partial charge in [0.2, 0.25) is 0 Å². The lowest BCUT2D eigenvalue weighted by atomic mass is 10.1. The third-order valence-electron chi connectivity index (χ3n) is 1.29. The molecule has 0 spiro atoms. The van der Waals surface area contributed by atoms with Gasteiger partial charge in [-0.15, -0.1) is 0 Å². The lowest BCUT2D eigenvalue weighted by molar-refractivity contribution is -0.121. The van der Waals surface area contributed by atoms with Crippen LogP contribution in [-0.2, 0) is 4.84 Å². The molecule has 0 aromatic rings. The quantitative estimate of drug-likeness (QED) is 0.586. The first kappa shape index (κ1) is 8.36. The van der Waals surface area contributed by atoms with Crippen molar-refractivity contribution in [3.8, 4) is 0 Å². The minimum Gasteiger partial charge on any atom is -0.392 e. The van der Waals surface area contributed by atoms with Gasteiger partial charge in [0.1, 0.15) is 6.10 Å². The van der Waals surface area contributed by atoms with Gasteiger partial charge >= 0.3 is 6.18 Å². The van der Waals surface area contributed by atoms with Crippen LogP contribution in [-0.4, -0.2) is 18.0 Å². The highest BCUT2D eigenvalue weighted by Gasteiger charge is 2.32. The highest BCUT2D eigenvalue weighted by Crippen LogP contribution is 2.24. The molecule has 1 atom stereocenters. The SMILES string of the molecule is CC1CC(CC(F)(F)F)=NO1. The lowest BCUT2D eigenvalue weighted by Crippen LogP contribution is -2.14. The molecule has 0 N–H and O–H groups in total. The topological polar surface area (TPSA) is 21.6 Å². The van der Waals surface area contributed by atoms with Crippen molar-refractivity contribution in [3.63, 3.8) is 0 Å². The van der Waals surface area contributed by atoms with Gasteiger partial charge in [-0.25, -0.2) is 0 Å². The van der Waals surface area contributed by atoms with E-state index in [4.69, 9.17) is 0 Å². The number of halogens is 3. The van der Waals surface area contributed by atoms with Crippen LogP contribution in [0.25, 0.3) is 0 Å². The van der Waals surface area contributed by atoms with Gasteiger partial charge in [0.25, 0.3) is 0 Å². The maximum absolute atomic E-state index is 11.7. The summed E-state index contributed by atoms with van der Waals surface area (Å²) in [4.78, 5) is 4.60. The number of hydrogen-bond acceptors (Lipinski definition) is 2. The van der Waals surface area contributed by atoms with Crippen molar-refractivity contribution in [2.75, 3.05) is 0 Å². The van der Waals surface area contributed by atoms with E-state index in [2.05, 4.69) is 9.99 Å². The van der Waals surface area contributed by atoms with Crippen molar-refractivity contribution >= 4 is 5.71 Å². The zero-order valence-electron chi connectivity index (χ0n) is 5.98. The van der Waals surface area contributed by atoms with Crippen molar-refractivity contribution < 1.29 is 18.0 Å². The second-order valence-electron chi connectivity index (χ2n) is 2.57. The molecule has 11 heavy (non-hydrogen) atoms. The van der Waals surface area contributed by atoms with E-state index < -0.39 is 12.6 Å². The third kappa shape index (κ3) is 2.78. The largest absolute Gasteiger partial charge is 0.394 e. The fourth-order valence-electron chi connectivity index (χ4n) is 0.907. The molecule has 1 rings (SSSR count). The summed E-state index contributed by atoms with van der Waals surface area (Å²) in [6, 6.07) is 0. The number of alkyl halides is 3. The molecule has 5 heteroatoms. The smallest absolute Gasteiger partial charge is 0.392 e. The van der Waals surface area contributed by atoms with E-state index in [1.807, 2.05) is 0 Å². The Bertz CT molecular complexity index is 175. The highest BCUT2D eigenvalue weighted by molar-refractivity contribution is 5.85. The molecule has 0 radical (unpaired) electrons. The van der Waals surface area contributed by atoms with Gasteiger partial charge in [0, 0.05) is 6.42 Å².